The first-order valence-corrected chi connectivity index (χ1v) is 5.73. The number of hydrazine groups is 1. The van der Waals surface area contributed by atoms with Crippen LogP contribution in [0.25, 0.3) is 0 Å². The van der Waals surface area contributed by atoms with Crippen LogP contribution in [0.3, 0.4) is 0 Å². The van der Waals surface area contributed by atoms with E-state index in [2.05, 4.69) is 10.4 Å². The second kappa shape index (κ2) is 6.06. The zero-order chi connectivity index (χ0) is 13.7. The highest BCUT2D eigenvalue weighted by molar-refractivity contribution is 5.86. The van der Waals surface area contributed by atoms with Crippen molar-refractivity contribution < 1.29 is 8.78 Å². The third kappa shape index (κ3) is 3.35. The maximum Gasteiger partial charge on any atom is 0.162 e. The fraction of sp³-hybridized carbons (Fsp3) is 0.0714. The van der Waals surface area contributed by atoms with Crippen molar-refractivity contribution in [2.75, 3.05) is 0 Å². The van der Waals surface area contributed by atoms with Gasteiger partial charge in [-0.05, 0) is 23.8 Å². The van der Waals surface area contributed by atoms with Crippen LogP contribution in [0.5, 0.6) is 0 Å². The highest BCUT2D eigenvalue weighted by Gasteiger charge is 2.09. The monoisotopic (exact) mass is 261 g/mol. The average Bonchev–Trinajstić information content (AvgIpc) is 2.44. The van der Waals surface area contributed by atoms with Gasteiger partial charge in [-0.3, -0.25) is 0 Å². The summed E-state index contributed by atoms with van der Waals surface area (Å²) in [6.07, 6.45) is 0.0922. The Morgan fingerprint density at radius 2 is 1.79 bits per heavy atom. The van der Waals surface area contributed by atoms with Gasteiger partial charge in [0, 0.05) is 6.42 Å². The largest absolute Gasteiger partial charge is 0.312 e. The standard InChI is InChI=1S/C14H13F2N3/c15-12-8-4-5-10(14(12)16)9-13(19-17)18-11-6-2-1-3-7-11/h1-8H,9,17H2,(H,18,19). The molecule has 3 N–H and O–H groups in total. The first-order valence-electron chi connectivity index (χ1n) is 5.73. The Hall–Kier alpha value is -2.27. The lowest BCUT2D eigenvalue weighted by atomic mass is 10.1. The van der Waals surface area contributed by atoms with Crippen LogP contribution in [0.15, 0.2) is 53.5 Å². The number of benzene rings is 2. The number of nitrogens with one attached hydrogen (secondary N) is 1. The van der Waals surface area contributed by atoms with Gasteiger partial charge in [-0.2, -0.15) is 0 Å². The molecule has 0 aliphatic heterocycles. The molecule has 5 heteroatoms. The van der Waals surface area contributed by atoms with E-state index in [9.17, 15) is 8.78 Å². The first-order chi connectivity index (χ1) is 9.20. The third-order valence-corrected chi connectivity index (χ3v) is 2.58. The highest BCUT2D eigenvalue weighted by Crippen LogP contribution is 2.14. The van der Waals surface area contributed by atoms with E-state index >= 15 is 0 Å². The van der Waals surface area contributed by atoms with E-state index in [4.69, 9.17) is 5.84 Å². The van der Waals surface area contributed by atoms with E-state index in [-0.39, 0.29) is 12.0 Å². The molecule has 2 rings (SSSR count). The molecule has 0 unspecified atom stereocenters. The van der Waals surface area contributed by atoms with Crippen LogP contribution in [0.4, 0.5) is 14.5 Å². The summed E-state index contributed by atoms with van der Waals surface area (Å²) >= 11 is 0. The lowest BCUT2D eigenvalue weighted by Gasteiger charge is -2.07. The first kappa shape index (κ1) is 13.2. The summed E-state index contributed by atoms with van der Waals surface area (Å²) in [5, 5.41) is 0. The third-order valence-electron chi connectivity index (χ3n) is 2.58. The molecule has 0 spiro atoms. The van der Waals surface area contributed by atoms with Crippen molar-refractivity contribution in [2.45, 2.75) is 6.42 Å². The van der Waals surface area contributed by atoms with Crippen LogP contribution < -0.4 is 11.3 Å². The molecular formula is C14H13F2N3. The van der Waals surface area contributed by atoms with Crippen LogP contribution in [-0.4, -0.2) is 5.84 Å². The van der Waals surface area contributed by atoms with Crippen LogP contribution >= 0.6 is 0 Å². The number of nitrogens with two attached hydrogens (primary N) is 1. The van der Waals surface area contributed by atoms with Gasteiger partial charge in [0.1, 0.15) is 5.84 Å². The van der Waals surface area contributed by atoms with Gasteiger partial charge in [-0.1, -0.05) is 30.3 Å². The van der Waals surface area contributed by atoms with Crippen LogP contribution in [0.2, 0.25) is 0 Å². The normalized spacial score (nSPS) is 11.4. The Labute approximate surface area is 109 Å². The lowest BCUT2D eigenvalue weighted by Crippen LogP contribution is -2.32. The van der Waals surface area contributed by atoms with Gasteiger partial charge in [-0.15, -0.1) is 0 Å². The molecule has 3 nitrogen and oxygen atoms in total. The number of nitrogens with zero attached hydrogens (tertiary/aromatic N) is 1. The number of para-hydroxylation sites is 1. The molecule has 0 heterocycles. The van der Waals surface area contributed by atoms with Crippen molar-refractivity contribution in [3.63, 3.8) is 0 Å². The van der Waals surface area contributed by atoms with Crippen molar-refractivity contribution >= 4 is 11.5 Å². The van der Waals surface area contributed by atoms with E-state index in [1.54, 1.807) is 12.1 Å². The van der Waals surface area contributed by atoms with Gasteiger partial charge in [0.2, 0.25) is 0 Å². The zero-order valence-corrected chi connectivity index (χ0v) is 10.1. The van der Waals surface area contributed by atoms with Crippen molar-refractivity contribution in [2.24, 2.45) is 10.8 Å². The Morgan fingerprint density at radius 1 is 1.05 bits per heavy atom. The second-order valence-corrected chi connectivity index (χ2v) is 3.93. The molecular weight excluding hydrogens is 248 g/mol. The van der Waals surface area contributed by atoms with Gasteiger partial charge in [0.15, 0.2) is 11.6 Å². The number of hydrogen-bond donors (Lipinski definition) is 2. The molecule has 0 aliphatic carbocycles. The predicted octanol–water partition coefficient (Wildman–Crippen LogP) is 2.70. The summed E-state index contributed by atoms with van der Waals surface area (Å²) in [7, 11) is 0. The molecule has 0 fully saturated rings. The van der Waals surface area contributed by atoms with Gasteiger partial charge in [0.25, 0.3) is 0 Å². The summed E-state index contributed by atoms with van der Waals surface area (Å²) in [5.41, 5.74) is 3.30. The van der Waals surface area contributed by atoms with Crippen molar-refractivity contribution in [1.82, 2.24) is 5.43 Å². The molecule has 98 valence electrons. The molecule has 0 atom stereocenters. The summed E-state index contributed by atoms with van der Waals surface area (Å²) in [6, 6.07) is 13.1. The van der Waals surface area contributed by atoms with E-state index < -0.39 is 11.6 Å². The summed E-state index contributed by atoms with van der Waals surface area (Å²) in [6.45, 7) is 0. The maximum atomic E-state index is 13.5. The summed E-state index contributed by atoms with van der Waals surface area (Å²) in [4.78, 5) is 4.23. The Bertz CT molecular complexity index is 582. The van der Waals surface area contributed by atoms with Crippen LogP contribution in [0, 0.1) is 11.6 Å². The second-order valence-electron chi connectivity index (χ2n) is 3.93. The van der Waals surface area contributed by atoms with E-state index in [0.29, 0.717) is 11.5 Å². The Morgan fingerprint density at radius 3 is 2.47 bits per heavy atom. The number of halogens is 2. The van der Waals surface area contributed by atoms with Gasteiger partial charge in [0.05, 0.1) is 5.69 Å². The molecule has 19 heavy (non-hydrogen) atoms. The molecule has 0 radical (unpaired) electrons. The summed E-state index contributed by atoms with van der Waals surface area (Å²) in [5.74, 6) is 3.96. The lowest BCUT2D eigenvalue weighted by molar-refractivity contribution is 0.501. The molecule has 0 saturated heterocycles. The fourth-order valence-electron chi connectivity index (χ4n) is 1.65. The van der Waals surface area contributed by atoms with E-state index in [1.165, 1.54) is 12.1 Å². The SMILES string of the molecule is NNC(Cc1cccc(F)c1F)=Nc1ccccc1. The minimum absolute atomic E-state index is 0.0922. The van der Waals surface area contributed by atoms with Crippen LogP contribution in [0.1, 0.15) is 5.56 Å². The Kier molecular flexibility index (Phi) is 4.20. The highest BCUT2D eigenvalue weighted by atomic mass is 19.2. The predicted molar refractivity (Wildman–Crippen MR) is 70.9 cm³/mol. The van der Waals surface area contributed by atoms with Crippen molar-refractivity contribution in [1.29, 1.82) is 0 Å². The molecule has 0 amide bonds. The topological polar surface area (TPSA) is 50.4 Å². The molecule has 0 bridgehead atoms. The zero-order valence-electron chi connectivity index (χ0n) is 10.1. The van der Waals surface area contributed by atoms with Gasteiger partial charge in [-0.25, -0.2) is 19.6 Å². The molecule has 0 aromatic heterocycles. The number of hydrogen-bond acceptors (Lipinski definition) is 2. The molecule has 2 aromatic rings. The van der Waals surface area contributed by atoms with Crippen LogP contribution in [-0.2, 0) is 6.42 Å². The van der Waals surface area contributed by atoms with E-state index in [0.717, 1.165) is 6.07 Å². The average molecular weight is 261 g/mol. The molecule has 0 saturated carbocycles. The van der Waals surface area contributed by atoms with E-state index in [1.807, 2.05) is 18.2 Å². The minimum Gasteiger partial charge on any atom is -0.312 e. The Balaban J connectivity index is 2.25. The maximum absolute atomic E-state index is 13.5. The molecule has 2 aromatic carbocycles. The smallest absolute Gasteiger partial charge is 0.162 e. The number of aliphatic imine (C=N–C) groups is 1. The number of amidine groups is 1. The number of rotatable bonds is 3. The van der Waals surface area contributed by atoms with Crippen molar-refractivity contribution in [3.8, 4) is 0 Å². The summed E-state index contributed by atoms with van der Waals surface area (Å²) < 4.78 is 26.6. The van der Waals surface area contributed by atoms with Gasteiger partial charge >= 0.3 is 0 Å². The van der Waals surface area contributed by atoms with Crippen molar-refractivity contribution in [3.05, 3.63) is 65.7 Å². The molecule has 0 aliphatic rings. The van der Waals surface area contributed by atoms with Gasteiger partial charge < -0.3 is 5.43 Å². The minimum atomic E-state index is -0.881. The quantitative estimate of drug-likeness (QED) is 0.386. The fourth-order valence-corrected chi connectivity index (χ4v) is 1.65.